The van der Waals surface area contributed by atoms with Crippen LogP contribution in [-0.2, 0) is 11.5 Å². The van der Waals surface area contributed by atoms with Gasteiger partial charge in [0.2, 0.25) is 0 Å². The van der Waals surface area contributed by atoms with E-state index in [2.05, 4.69) is 48.5 Å². The van der Waals surface area contributed by atoms with E-state index in [4.69, 9.17) is 5.26 Å². The number of hydrogen-bond acceptors (Lipinski definition) is 2. The van der Waals surface area contributed by atoms with Gasteiger partial charge in [0, 0.05) is 11.5 Å². The van der Waals surface area contributed by atoms with E-state index in [9.17, 15) is 0 Å². The Morgan fingerprint density at radius 3 is 2.33 bits per heavy atom. The van der Waals surface area contributed by atoms with Gasteiger partial charge in [-0.2, -0.15) is 17.0 Å². The molecule has 0 aliphatic carbocycles. The SMILES string of the molecule is N#Cc1ccccc1CSCc1cccc2ccccc12. The fourth-order valence-corrected chi connectivity index (χ4v) is 3.49. The van der Waals surface area contributed by atoms with Crippen LogP contribution in [0.2, 0.25) is 0 Å². The van der Waals surface area contributed by atoms with Crippen molar-refractivity contribution in [3.05, 3.63) is 83.4 Å². The van der Waals surface area contributed by atoms with Gasteiger partial charge in [0.05, 0.1) is 11.6 Å². The zero-order chi connectivity index (χ0) is 14.5. The van der Waals surface area contributed by atoms with Crippen LogP contribution in [0.4, 0.5) is 0 Å². The van der Waals surface area contributed by atoms with Crippen LogP contribution < -0.4 is 0 Å². The van der Waals surface area contributed by atoms with E-state index in [-0.39, 0.29) is 0 Å². The summed E-state index contributed by atoms with van der Waals surface area (Å²) in [5.74, 6) is 1.83. The van der Waals surface area contributed by atoms with Crippen LogP contribution in [0.25, 0.3) is 10.8 Å². The molecule has 0 N–H and O–H groups in total. The normalized spacial score (nSPS) is 10.4. The minimum absolute atomic E-state index is 0.780. The quantitative estimate of drug-likeness (QED) is 0.663. The molecule has 3 rings (SSSR count). The number of rotatable bonds is 4. The van der Waals surface area contributed by atoms with Crippen LogP contribution >= 0.6 is 11.8 Å². The molecule has 0 fully saturated rings. The van der Waals surface area contributed by atoms with Gasteiger partial charge in [0.1, 0.15) is 0 Å². The maximum Gasteiger partial charge on any atom is 0.0994 e. The van der Waals surface area contributed by atoms with Crippen LogP contribution in [0.5, 0.6) is 0 Å². The van der Waals surface area contributed by atoms with Crippen LogP contribution in [0.3, 0.4) is 0 Å². The molecule has 2 heteroatoms. The monoisotopic (exact) mass is 289 g/mol. The summed E-state index contributed by atoms with van der Waals surface area (Å²) in [5.41, 5.74) is 3.25. The average molecular weight is 289 g/mol. The van der Waals surface area contributed by atoms with Gasteiger partial charge in [-0.05, 0) is 28.0 Å². The van der Waals surface area contributed by atoms with E-state index >= 15 is 0 Å². The zero-order valence-corrected chi connectivity index (χ0v) is 12.4. The minimum atomic E-state index is 0.780. The van der Waals surface area contributed by atoms with Gasteiger partial charge in [-0.25, -0.2) is 0 Å². The van der Waals surface area contributed by atoms with Crippen LogP contribution in [0.1, 0.15) is 16.7 Å². The summed E-state index contributed by atoms with van der Waals surface area (Å²) in [5, 5.41) is 11.7. The molecular formula is C19H15NS. The number of hydrogen-bond donors (Lipinski definition) is 0. The molecule has 0 aromatic heterocycles. The molecule has 0 unspecified atom stereocenters. The lowest BCUT2D eigenvalue weighted by Gasteiger charge is -2.07. The van der Waals surface area contributed by atoms with Crippen molar-refractivity contribution in [1.29, 1.82) is 5.26 Å². The van der Waals surface area contributed by atoms with Crippen molar-refractivity contribution in [2.75, 3.05) is 0 Å². The Kier molecular flexibility index (Phi) is 4.23. The molecule has 0 heterocycles. The zero-order valence-electron chi connectivity index (χ0n) is 11.6. The Morgan fingerprint density at radius 2 is 1.43 bits per heavy atom. The number of thioether (sulfide) groups is 1. The van der Waals surface area contributed by atoms with Gasteiger partial charge in [0.15, 0.2) is 0 Å². The lowest BCUT2D eigenvalue weighted by molar-refractivity contribution is 1.34. The van der Waals surface area contributed by atoms with Crippen molar-refractivity contribution in [2.24, 2.45) is 0 Å². The molecule has 0 saturated heterocycles. The summed E-state index contributed by atoms with van der Waals surface area (Å²) in [6.45, 7) is 0. The first kappa shape index (κ1) is 13.7. The summed E-state index contributed by atoms with van der Waals surface area (Å²) in [7, 11) is 0. The smallest absolute Gasteiger partial charge is 0.0994 e. The van der Waals surface area contributed by atoms with E-state index in [0.717, 1.165) is 22.6 Å². The Balaban J connectivity index is 1.74. The first-order chi connectivity index (χ1) is 10.4. The molecule has 0 bridgehead atoms. The van der Waals surface area contributed by atoms with Gasteiger partial charge >= 0.3 is 0 Å². The van der Waals surface area contributed by atoms with E-state index in [1.807, 2.05) is 36.0 Å². The molecule has 3 aromatic rings. The van der Waals surface area contributed by atoms with Gasteiger partial charge in [0.25, 0.3) is 0 Å². The summed E-state index contributed by atoms with van der Waals surface area (Å²) in [4.78, 5) is 0. The fraction of sp³-hybridized carbons (Fsp3) is 0.105. The molecule has 1 nitrogen and oxygen atoms in total. The van der Waals surface area contributed by atoms with E-state index < -0.39 is 0 Å². The molecule has 0 aliphatic heterocycles. The van der Waals surface area contributed by atoms with Crippen molar-refractivity contribution in [2.45, 2.75) is 11.5 Å². The minimum Gasteiger partial charge on any atom is -0.192 e. The molecule has 21 heavy (non-hydrogen) atoms. The summed E-state index contributed by atoms with van der Waals surface area (Å²) < 4.78 is 0. The van der Waals surface area contributed by atoms with Crippen molar-refractivity contribution in [3.8, 4) is 6.07 Å². The summed E-state index contributed by atoms with van der Waals surface area (Å²) in [6, 6.07) is 25.0. The Labute approximate surface area is 129 Å². The molecule has 3 aromatic carbocycles. The highest BCUT2D eigenvalue weighted by molar-refractivity contribution is 7.97. The third-order valence-electron chi connectivity index (χ3n) is 3.53. The number of nitriles is 1. The predicted octanol–water partition coefficient (Wildman–Crippen LogP) is 5.14. The fourth-order valence-electron chi connectivity index (χ4n) is 2.44. The predicted molar refractivity (Wildman–Crippen MR) is 90.1 cm³/mol. The average Bonchev–Trinajstić information content (AvgIpc) is 2.55. The Bertz CT molecular complexity index is 797. The lowest BCUT2D eigenvalue weighted by atomic mass is 10.1. The first-order valence-electron chi connectivity index (χ1n) is 6.91. The number of benzene rings is 3. The lowest BCUT2D eigenvalue weighted by Crippen LogP contribution is -1.89. The topological polar surface area (TPSA) is 23.8 Å². The molecular weight excluding hydrogens is 274 g/mol. The summed E-state index contributed by atoms with van der Waals surface area (Å²) in [6.07, 6.45) is 0. The van der Waals surface area contributed by atoms with Crippen molar-refractivity contribution < 1.29 is 0 Å². The third kappa shape index (κ3) is 3.09. The highest BCUT2D eigenvalue weighted by Gasteiger charge is 2.03. The second-order valence-electron chi connectivity index (χ2n) is 4.90. The Morgan fingerprint density at radius 1 is 0.762 bits per heavy atom. The molecule has 0 saturated carbocycles. The molecule has 0 amide bonds. The second-order valence-corrected chi connectivity index (χ2v) is 5.89. The van der Waals surface area contributed by atoms with Gasteiger partial charge < -0.3 is 0 Å². The number of nitrogens with zero attached hydrogens (tertiary/aromatic N) is 1. The van der Waals surface area contributed by atoms with E-state index in [0.29, 0.717) is 0 Å². The molecule has 0 spiro atoms. The van der Waals surface area contributed by atoms with Gasteiger partial charge in [-0.15, -0.1) is 0 Å². The van der Waals surface area contributed by atoms with Crippen LogP contribution in [-0.4, -0.2) is 0 Å². The van der Waals surface area contributed by atoms with E-state index in [1.54, 1.807) is 0 Å². The van der Waals surface area contributed by atoms with Crippen molar-refractivity contribution in [1.82, 2.24) is 0 Å². The highest BCUT2D eigenvalue weighted by atomic mass is 32.2. The van der Waals surface area contributed by atoms with Crippen molar-refractivity contribution in [3.63, 3.8) is 0 Å². The van der Waals surface area contributed by atoms with Crippen LogP contribution in [0, 0.1) is 11.3 Å². The standard InChI is InChI=1S/C19H15NS/c20-12-16-7-1-2-8-17(16)13-21-14-18-10-5-9-15-6-3-4-11-19(15)18/h1-11H,13-14H2. The largest absolute Gasteiger partial charge is 0.192 e. The molecule has 102 valence electrons. The third-order valence-corrected chi connectivity index (χ3v) is 4.56. The maximum absolute atomic E-state index is 9.12. The molecule has 0 radical (unpaired) electrons. The Hall–Kier alpha value is -2.24. The summed E-state index contributed by atoms with van der Waals surface area (Å²) >= 11 is 1.85. The number of fused-ring (bicyclic) bond motifs is 1. The maximum atomic E-state index is 9.12. The van der Waals surface area contributed by atoms with Gasteiger partial charge in [-0.3, -0.25) is 0 Å². The van der Waals surface area contributed by atoms with Gasteiger partial charge in [-0.1, -0.05) is 60.7 Å². The van der Waals surface area contributed by atoms with Crippen molar-refractivity contribution >= 4 is 22.5 Å². The highest BCUT2D eigenvalue weighted by Crippen LogP contribution is 2.25. The molecule has 0 atom stereocenters. The molecule has 0 aliphatic rings. The van der Waals surface area contributed by atoms with E-state index in [1.165, 1.54) is 16.3 Å². The first-order valence-corrected chi connectivity index (χ1v) is 8.06. The van der Waals surface area contributed by atoms with Crippen LogP contribution in [0.15, 0.2) is 66.7 Å². The second kappa shape index (κ2) is 6.47.